The van der Waals surface area contributed by atoms with Crippen LogP contribution in [0.15, 0.2) is 12.4 Å². The number of aromatic nitrogens is 5. The Morgan fingerprint density at radius 1 is 1.30 bits per heavy atom. The Morgan fingerprint density at radius 2 is 2.09 bits per heavy atom. The summed E-state index contributed by atoms with van der Waals surface area (Å²) < 4.78 is 5.12. The van der Waals surface area contributed by atoms with E-state index in [9.17, 15) is 0 Å². The van der Waals surface area contributed by atoms with E-state index < -0.39 is 0 Å². The second-order valence-electron chi connectivity index (χ2n) is 6.29. The second-order valence-corrected chi connectivity index (χ2v) is 6.72. The quantitative estimate of drug-likeness (QED) is 0.901. The van der Waals surface area contributed by atoms with Crippen molar-refractivity contribution in [1.82, 2.24) is 25.1 Å². The molecule has 2 aromatic heterocycles. The SMILES string of the molecule is COCc1nc([C@H]2CN(c3ncc(Cl)cn3)C[C@@H]2C2CC2)n[nH]1. The Labute approximate surface area is 139 Å². The van der Waals surface area contributed by atoms with Crippen molar-refractivity contribution in [2.75, 3.05) is 25.1 Å². The second kappa shape index (κ2) is 6.05. The summed E-state index contributed by atoms with van der Waals surface area (Å²) in [5.41, 5.74) is 0. The number of ether oxygens (including phenoxy) is 1. The molecule has 1 N–H and O–H groups in total. The average Bonchev–Trinajstić information content (AvgIpc) is 3.13. The lowest BCUT2D eigenvalue weighted by molar-refractivity contribution is 0.178. The van der Waals surface area contributed by atoms with Crippen LogP contribution in [0.3, 0.4) is 0 Å². The molecule has 23 heavy (non-hydrogen) atoms. The van der Waals surface area contributed by atoms with Gasteiger partial charge in [-0.25, -0.2) is 15.0 Å². The number of hydrogen-bond acceptors (Lipinski definition) is 6. The molecule has 1 saturated carbocycles. The van der Waals surface area contributed by atoms with Gasteiger partial charge in [-0.15, -0.1) is 0 Å². The lowest BCUT2D eigenvalue weighted by Crippen LogP contribution is -2.22. The van der Waals surface area contributed by atoms with Crippen molar-refractivity contribution in [2.24, 2.45) is 11.8 Å². The van der Waals surface area contributed by atoms with Crippen molar-refractivity contribution in [2.45, 2.75) is 25.4 Å². The van der Waals surface area contributed by atoms with E-state index in [-0.39, 0.29) is 0 Å². The monoisotopic (exact) mass is 334 g/mol. The van der Waals surface area contributed by atoms with Crippen LogP contribution in [0.2, 0.25) is 5.02 Å². The number of nitrogens with one attached hydrogen (secondary N) is 1. The molecule has 122 valence electrons. The summed E-state index contributed by atoms with van der Waals surface area (Å²) in [6.07, 6.45) is 5.89. The number of H-pyrrole nitrogens is 1. The number of anilines is 1. The van der Waals surface area contributed by atoms with Crippen molar-refractivity contribution < 1.29 is 4.74 Å². The van der Waals surface area contributed by atoms with Crippen molar-refractivity contribution in [3.05, 3.63) is 29.1 Å². The fraction of sp³-hybridized carbons (Fsp3) is 0.600. The van der Waals surface area contributed by atoms with Crippen molar-refractivity contribution >= 4 is 17.5 Å². The highest BCUT2D eigenvalue weighted by Crippen LogP contribution is 2.47. The summed E-state index contributed by atoms with van der Waals surface area (Å²) in [4.78, 5) is 15.5. The highest BCUT2D eigenvalue weighted by Gasteiger charge is 2.45. The standard InChI is InChI=1S/C15H19ClN6O/c1-23-8-13-19-14(21-20-13)12-7-22(6-11(12)9-2-3-9)15-17-4-10(16)5-18-15/h4-5,9,11-12H,2-3,6-8H2,1H3,(H,19,20,21)/t11-,12+/m1/s1. The molecule has 0 radical (unpaired) electrons. The zero-order valence-electron chi connectivity index (χ0n) is 12.9. The van der Waals surface area contributed by atoms with Crippen molar-refractivity contribution in [3.63, 3.8) is 0 Å². The summed E-state index contributed by atoms with van der Waals surface area (Å²) in [5, 5.41) is 7.94. The number of hydrogen-bond donors (Lipinski definition) is 1. The van der Waals surface area contributed by atoms with Crippen LogP contribution in [-0.4, -0.2) is 45.3 Å². The van der Waals surface area contributed by atoms with Gasteiger partial charge in [-0.3, -0.25) is 5.10 Å². The molecule has 0 amide bonds. The Bertz CT molecular complexity index is 671. The molecular formula is C15H19ClN6O. The minimum atomic E-state index is 0.309. The Morgan fingerprint density at radius 3 is 2.78 bits per heavy atom. The van der Waals surface area contributed by atoms with E-state index in [4.69, 9.17) is 16.3 Å². The molecule has 7 nitrogen and oxygen atoms in total. The first-order valence-electron chi connectivity index (χ1n) is 7.87. The fourth-order valence-electron chi connectivity index (χ4n) is 3.41. The molecule has 0 unspecified atom stereocenters. The molecule has 8 heteroatoms. The van der Waals surface area contributed by atoms with Gasteiger partial charge < -0.3 is 9.64 Å². The van der Waals surface area contributed by atoms with Crippen LogP contribution in [0.25, 0.3) is 0 Å². The average molecular weight is 335 g/mol. The highest BCUT2D eigenvalue weighted by molar-refractivity contribution is 6.30. The molecule has 0 aromatic carbocycles. The predicted octanol–water partition coefficient (Wildman–Crippen LogP) is 2.02. The van der Waals surface area contributed by atoms with Gasteiger partial charge in [0.25, 0.3) is 0 Å². The maximum atomic E-state index is 5.89. The Balaban J connectivity index is 1.56. The molecule has 4 rings (SSSR count). The van der Waals surface area contributed by atoms with Crippen LogP contribution >= 0.6 is 11.6 Å². The van der Waals surface area contributed by atoms with Crippen LogP contribution in [-0.2, 0) is 11.3 Å². The molecule has 1 aliphatic carbocycles. The number of nitrogens with zero attached hydrogens (tertiary/aromatic N) is 5. The molecule has 0 spiro atoms. The first-order valence-corrected chi connectivity index (χ1v) is 8.25. The smallest absolute Gasteiger partial charge is 0.225 e. The maximum absolute atomic E-state index is 5.89. The minimum Gasteiger partial charge on any atom is -0.377 e. The summed E-state index contributed by atoms with van der Waals surface area (Å²) in [6, 6.07) is 0. The summed E-state index contributed by atoms with van der Waals surface area (Å²) in [5.74, 6) is 4.02. The van der Waals surface area contributed by atoms with E-state index in [1.54, 1.807) is 19.5 Å². The first-order chi connectivity index (χ1) is 11.2. The van der Waals surface area contributed by atoms with Crippen molar-refractivity contribution in [1.29, 1.82) is 0 Å². The van der Waals surface area contributed by atoms with E-state index >= 15 is 0 Å². The normalized spacial score (nSPS) is 24.3. The van der Waals surface area contributed by atoms with E-state index in [1.807, 2.05) is 0 Å². The molecule has 1 aliphatic heterocycles. The molecule has 0 bridgehead atoms. The van der Waals surface area contributed by atoms with Crippen LogP contribution in [0.1, 0.15) is 30.4 Å². The zero-order valence-corrected chi connectivity index (χ0v) is 13.7. The number of aromatic amines is 1. The minimum absolute atomic E-state index is 0.309. The van der Waals surface area contributed by atoms with Crippen LogP contribution in [0.4, 0.5) is 5.95 Å². The van der Waals surface area contributed by atoms with E-state index in [0.717, 1.165) is 36.6 Å². The lowest BCUT2D eigenvalue weighted by Gasteiger charge is -2.15. The van der Waals surface area contributed by atoms with Crippen LogP contribution in [0.5, 0.6) is 0 Å². The van der Waals surface area contributed by atoms with Crippen LogP contribution in [0, 0.1) is 11.8 Å². The first kappa shape index (κ1) is 14.8. The van der Waals surface area contributed by atoms with E-state index in [0.29, 0.717) is 23.5 Å². The largest absolute Gasteiger partial charge is 0.377 e. The molecular weight excluding hydrogens is 316 g/mol. The van der Waals surface area contributed by atoms with Gasteiger partial charge in [-0.05, 0) is 24.7 Å². The van der Waals surface area contributed by atoms with Gasteiger partial charge in [0.2, 0.25) is 5.95 Å². The van der Waals surface area contributed by atoms with Gasteiger partial charge in [0.05, 0.1) is 17.4 Å². The van der Waals surface area contributed by atoms with E-state index in [1.165, 1.54) is 12.8 Å². The van der Waals surface area contributed by atoms with Gasteiger partial charge in [0.15, 0.2) is 11.6 Å². The number of methoxy groups -OCH3 is 1. The molecule has 2 atom stereocenters. The molecule has 1 saturated heterocycles. The van der Waals surface area contributed by atoms with Gasteiger partial charge in [-0.2, -0.15) is 5.10 Å². The lowest BCUT2D eigenvalue weighted by atomic mass is 9.91. The summed E-state index contributed by atoms with van der Waals surface area (Å²) >= 11 is 5.89. The Hall–Kier alpha value is -1.73. The van der Waals surface area contributed by atoms with Gasteiger partial charge >= 0.3 is 0 Å². The zero-order chi connectivity index (χ0) is 15.8. The highest BCUT2D eigenvalue weighted by atomic mass is 35.5. The molecule has 2 aliphatic rings. The van der Waals surface area contributed by atoms with Gasteiger partial charge in [-0.1, -0.05) is 11.6 Å². The van der Waals surface area contributed by atoms with E-state index in [2.05, 4.69) is 30.0 Å². The summed E-state index contributed by atoms with van der Waals surface area (Å²) in [6.45, 7) is 2.25. The molecule has 2 fully saturated rings. The third kappa shape index (κ3) is 3.03. The van der Waals surface area contributed by atoms with Crippen LogP contribution < -0.4 is 4.90 Å². The topological polar surface area (TPSA) is 79.8 Å². The maximum Gasteiger partial charge on any atom is 0.225 e. The third-order valence-electron chi connectivity index (χ3n) is 4.64. The molecule has 2 aromatic rings. The Kier molecular flexibility index (Phi) is 3.90. The summed E-state index contributed by atoms with van der Waals surface area (Å²) in [7, 11) is 1.66. The predicted molar refractivity (Wildman–Crippen MR) is 85.3 cm³/mol. The van der Waals surface area contributed by atoms with Gasteiger partial charge in [0.1, 0.15) is 6.61 Å². The number of rotatable bonds is 5. The number of halogens is 1. The molecule has 3 heterocycles. The third-order valence-corrected chi connectivity index (χ3v) is 4.84. The van der Waals surface area contributed by atoms with Gasteiger partial charge in [0, 0.05) is 26.1 Å². The fourth-order valence-corrected chi connectivity index (χ4v) is 3.51. The van der Waals surface area contributed by atoms with Crippen molar-refractivity contribution in [3.8, 4) is 0 Å².